The second-order valence-corrected chi connectivity index (χ2v) is 8.94. The fraction of sp³-hybridized carbons (Fsp3) is 0.280. The third-order valence-corrected chi connectivity index (χ3v) is 6.16. The number of rotatable bonds is 7. The van der Waals surface area contributed by atoms with Crippen molar-refractivity contribution in [2.24, 2.45) is 5.10 Å². The highest BCUT2D eigenvalue weighted by atomic mass is 35.5. The van der Waals surface area contributed by atoms with E-state index in [4.69, 9.17) is 16.3 Å². The van der Waals surface area contributed by atoms with E-state index in [1.165, 1.54) is 22.7 Å². The minimum absolute atomic E-state index is 0.104. The van der Waals surface area contributed by atoms with Crippen LogP contribution in [0.1, 0.15) is 53.6 Å². The smallest absolute Gasteiger partial charge is 0.342 e. The molecule has 0 radical (unpaired) electrons. The first kappa shape index (κ1) is 25.1. The second kappa shape index (κ2) is 10.3. The molecule has 4 rings (SSSR count). The predicted molar refractivity (Wildman–Crippen MR) is 133 cm³/mol. The van der Waals surface area contributed by atoms with Crippen LogP contribution < -0.4 is 0 Å². The van der Waals surface area contributed by atoms with E-state index in [9.17, 15) is 19.7 Å². The summed E-state index contributed by atoms with van der Waals surface area (Å²) in [5.74, 6) is -0.445. The van der Waals surface area contributed by atoms with Crippen molar-refractivity contribution in [3.63, 3.8) is 0 Å². The number of benzene rings is 2. The summed E-state index contributed by atoms with van der Waals surface area (Å²) in [4.78, 5) is 39.5. The topological polar surface area (TPSA) is 120 Å². The normalized spacial score (nSPS) is 15.9. The Kier molecular flexibility index (Phi) is 7.16. The van der Waals surface area contributed by atoms with Crippen LogP contribution in [0.25, 0.3) is 0 Å². The molecule has 1 aliphatic heterocycles. The lowest BCUT2D eigenvalue weighted by Gasteiger charge is -2.20. The summed E-state index contributed by atoms with van der Waals surface area (Å²) >= 11 is 5.98. The predicted octanol–water partition coefficient (Wildman–Crippen LogP) is 4.70. The summed E-state index contributed by atoms with van der Waals surface area (Å²) in [6, 6.07) is 13.8. The number of carbonyl (C=O) groups excluding carboxylic acids is 2. The van der Waals surface area contributed by atoms with Crippen LogP contribution in [-0.4, -0.2) is 43.2 Å². The summed E-state index contributed by atoms with van der Waals surface area (Å²) in [7, 11) is 0. The van der Waals surface area contributed by atoms with Crippen LogP contribution in [0.15, 0.2) is 59.8 Å². The number of imidazole rings is 1. The standard InChI is InChI=1S/C25H24ClN5O5/c1-15(14-29-16(2)27-13-24(29)31(34)35)36-25(33)20-6-4-19(5-7-20)23-12-22(28-30(23)17(3)32)18-8-10-21(26)11-9-18/h4-11,13,15,23H,12,14H2,1-3H3. The molecule has 0 saturated heterocycles. The van der Waals surface area contributed by atoms with Gasteiger partial charge in [0.1, 0.15) is 18.8 Å². The van der Waals surface area contributed by atoms with Gasteiger partial charge in [-0.05, 0) is 47.2 Å². The number of carbonyl (C=O) groups is 2. The molecule has 0 N–H and O–H groups in total. The van der Waals surface area contributed by atoms with Gasteiger partial charge in [0, 0.05) is 25.3 Å². The first-order valence-electron chi connectivity index (χ1n) is 11.2. The number of nitrogens with zero attached hydrogens (tertiary/aromatic N) is 5. The Bertz CT molecular complexity index is 1330. The zero-order chi connectivity index (χ0) is 26.0. The maximum atomic E-state index is 12.7. The summed E-state index contributed by atoms with van der Waals surface area (Å²) in [5.41, 5.74) is 2.81. The van der Waals surface area contributed by atoms with Gasteiger partial charge in [-0.2, -0.15) is 5.10 Å². The monoisotopic (exact) mass is 509 g/mol. The van der Waals surface area contributed by atoms with Crippen LogP contribution in [0.2, 0.25) is 5.02 Å². The van der Waals surface area contributed by atoms with Crippen LogP contribution in [-0.2, 0) is 16.1 Å². The minimum Gasteiger partial charge on any atom is -0.455 e. The number of hydrogen-bond donors (Lipinski definition) is 0. The number of hydrogen-bond acceptors (Lipinski definition) is 7. The molecule has 1 aromatic heterocycles. The highest BCUT2D eigenvalue weighted by Gasteiger charge is 2.31. The molecule has 0 saturated carbocycles. The number of aryl methyl sites for hydroxylation is 1. The maximum absolute atomic E-state index is 12.7. The van der Waals surface area contributed by atoms with E-state index in [-0.39, 0.29) is 24.3 Å². The lowest BCUT2D eigenvalue weighted by Crippen LogP contribution is -2.24. The van der Waals surface area contributed by atoms with Crippen molar-refractivity contribution in [2.45, 2.75) is 45.9 Å². The van der Waals surface area contributed by atoms with Crippen LogP contribution in [0.4, 0.5) is 5.82 Å². The summed E-state index contributed by atoms with van der Waals surface area (Å²) in [6.45, 7) is 4.87. The molecule has 10 nitrogen and oxygen atoms in total. The first-order chi connectivity index (χ1) is 17.1. The molecule has 2 unspecified atom stereocenters. The highest BCUT2D eigenvalue weighted by molar-refractivity contribution is 6.30. The van der Waals surface area contributed by atoms with Gasteiger partial charge in [0.05, 0.1) is 17.3 Å². The van der Waals surface area contributed by atoms with E-state index in [2.05, 4.69) is 10.1 Å². The van der Waals surface area contributed by atoms with Gasteiger partial charge in [0.25, 0.3) is 0 Å². The molecule has 0 aliphatic carbocycles. The van der Waals surface area contributed by atoms with Crippen molar-refractivity contribution in [1.29, 1.82) is 0 Å². The van der Waals surface area contributed by atoms with E-state index in [1.807, 2.05) is 12.1 Å². The Labute approximate surface area is 212 Å². The van der Waals surface area contributed by atoms with Crippen molar-refractivity contribution in [1.82, 2.24) is 14.6 Å². The number of nitro groups is 1. The van der Waals surface area contributed by atoms with Crippen molar-refractivity contribution in [3.05, 3.63) is 92.4 Å². The third kappa shape index (κ3) is 5.28. The summed E-state index contributed by atoms with van der Waals surface area (Å²) in [6.07, 6.45) is 1.07. The number of aromatic nitrogens is 2. The SMILES string of the molecule is CC(=O)N1N=C(c2ccc(Cl)cc2)CC1c1ccc(C(=O)OC(C)Cn2c([N+](=O)[O-])cnc2C)cc1. The molecule has 186 valence electrons. The lowest BCUT2D eigenvalue weighted by molar-refractivity contribution is -0.392. The van der Waals surface area contributed by atoms with Gasteiger partial charge in [-0.25, -0.2) is 19.4 Å². The van der Waals surface area contributed by atoms with Crippen molar-refractivity contribution in [2.75, 3.05) is 0 Å². The zero-order valence-electron chi connectivity index (χ0n) is 19.9. The second-order valence-electron chi connectivity index (χ2n) is 8.51. The molecule has 1 aliphatic rings. The van der Waals surface area contributed by atoms with Gasteiger partial charge in [0.15, 0.2) is 5.82 Å². The molecule has 36 heavy (non-hydrogen) atoms. The largest absolute Gasteiger partial charge is 0.455 e. The summed E-state index contributed by atoms with van der Waals surface area (Å²) in [5, 5.41) is 17.8. The molecule has 3 aromatic rings. The Morgan fingerprint density at radius 2 is 1.86 bits per heavy atom. The quantitative estimate of drug-likeness (QED) is 0.259. The Hall–Kier alpha value is -4.05. The van der Waals surface area contributed by atoms with Crippen molar-refractivity contribution < 1.29 is 19.2 Å². The third-order valence-electron chi connectivity index (χ3n) is 5.91. The highest BCUT2D eigenvalue weighted by Crippen LogP contribution is 2.33. The van der Waals surface area contributed by atoms with Crippen LogP contribution in [0.5, 0.6) is 0 Å². The van der Waals surface area contributed by atoms with E-state index in [0.29, 0.717) is 22.8 Å². The number of esters is 1. The Morgan fingerprint density at radius 1 is 1.19 bits per heavy atom. The molecule has 0 spiro atoms. The van der Waals surface area contributed by atoms with E-state index >= 15 is 0 Å². The molecule has 2 aromatic carbocycles. The molecule has 0 bridgehead atoms. The van der Waals surface area contributed by atoms with E-state index in [0.717, 1.165) is 16.8 Å². The average molecular weight is 510 g/mol. The molecular weight excluding hydrogens is 486 g/mol. The molecule has 2 atom stereocenters. The number of hydrazone groups is 1. The fourth-order valence-electron chi connectivity index (χ4n) is 4.09. The Balaban J connectivity index is 1.44. The van der Waals surface area contributed by atoms with E-state index in [1.54, 1.807) is 50.2 Å². The number of ether oxygens (including phenoxy) is 1. The van der Waals surface area contributed by atoms with Gasteiger partial charge in [0.2, 0.25) is 5.91 Å². The fourth-order valence-corrected chi connectivity index (χ4v) is 4.22. The Morgan fingerprint density at radius 3 is 2.47 bits per heavy atom. The van der Waals surface area contributed by atoms with Crippen molar-refractivity contribution >= 4 is 35.0 Å². The molecule has 11 heteroatoms. The van der Waals surface area contributed by atoms with Crippen LogP contribution in [0.3, 0.4) is 0 Å². The number of halogens is 1. The van der Waals surface area contributed by atoms with Crippen molar-refractivity contribution in [3.8, 4) is 0 Å². The maximum Gasteiger partial charge on any atom is 0.342 e. The van der Waals surface area contributed by atoms with Gasteiger partial charge >= 0.3 is 11.8 Å². The molecule has 1 amide bonds. The minimum atomic E-state index is -0.623. The van der Waals surface area contributed by atoms with Gasteiger partial charge in [-0.3, -0.25) is 4.79 Å². The average Bonchev–Trinajstić information content (AvgIpc) is 3.44. The van der Waals surface area contributed by atoms with Gasteiger partial charge < -0.3 is 14.9 Å². The molecule has 0 fully saturated rings. The summed E-state index contributed by atoms with van der Waals surface area (Å²) < 4.78 is 6.90. The van der Waals surface area contributed by atoms with Gasteiger partial charge in [-0.15, -0.1) is 0 Å². The van der Waals surface area contributed by atoms with Gasteiger partial charge in [-0.1, -0.05) is 35.9 Å². The molecule has 2 heterocycles. The zero-order valence-corrected chi connectivity index (χ0v) is 20.7. The van der Waals surface area contributed by atoms with Crippen LogP contribution in [0, 0.1) is 17.0 Å². The van der Waals surface area contributed by atoms with E-state index < -0.39 is 17.0 Å². The first-order valence-corrected chi connectivity index (χ1v) is 11.6. The van der Waals surface area contributed by atoms with Crippen LogP contribution >= 0.6 is 11.6 Å². The molecular formula is C25H24ClN5O5. The number of amides is 1. The lowest BCUT2D eigenvalue weighted by atomic mass is 9.97.